The van der Waals surface area contributed by atoms with Gasteiger partial charge in [-0.25, -0.2) is 0 Å². The van der Waals surface area contributed by atoms with Gasteiger partial charge in [-0.15, -0.1) is 6.58 Å². The molecule has 3 heteroatoms. The highest BCUT2D eigenvalue weighted by Crippen LogP contribution is 2.20. The van der Waals surface area contributed by atoms with Gasteiger partial charge >= 0.3 is 0 Å². The molecule has 2 atom stereocenters. The van der Waals surface area contributed by atoms with Crippen LogP contribution in [0.4, 0.5) is 0 Å². The molecule has 0 radical (unpaired) electrons. The Hall–Kier alpha value is -0.123. The van der Waals surface area contributed by atoms with Crippen molar-refractivity contribution in [2.75, 3.05) is 0 Å². The first-order chi connectivity index (χ1) is 6.64. The van der Waals surface area contributed by atoms with E-state index in [0.29, 0.717) is 5.92 Å². The highest BCUT2D eigenvalue weighted by atomic mass is 28.4. The highest BCUT2D eigenvalue weighted by molar-refractivity contribution is 6.71. The molecule has 2 nitrogen and oxygen atoms in total. The molecule has 0 heterocycles. The molecule has 0 spiro atoms. The van der Waals surface area contributed by atoms with Gasteiger partial charge in [-0.2, -0.15) is 0 Å². The van der Waals surface area contributed by atoms with Crippen LogP contribution in [0.5, 0.6) is 0 Å². The summed E-state index contributed by atoms with van der Waals surface area (Å²) in [6.45, 7) is 16.0. The van der Waals surface area contributed by atoms with Crippen molar-refractivity contribution in [2.24, 2.45) is 5.92 Å². The molecule has 0 fully saturated rings. The maximum Gasteiger partial charge on any atom is 0.211 e. The molecule has 0 aliphatic rings. The lowest BCUT2D eigenvalue weighted by molar-refractivity contribution is 0.00684. The minimum atomic E-state index is -2.22. The van der Waals surface area contributed by atoms with Crippen molar-refractivity contribution in [2.45, 2.75) is 59.0 Å². The predicted molar refractivity (Wildman–Crippen MR) is 68.3 cm³/mol. The Bertz CT molecular complexity index is 206. The largest absolute Gasteiger partial charge is 0.430 e. The third kappa shape index (κ3) is 6.13. The van der Waals surface area contributed by atoms with Crippen molar-refractivity contribution in [3.63, 3.8) is 0 Å². The second-order valence-corrected chi connectivity index (χ2v) is 9.30. The lowest BCUT2D eigenvalue weighted by Gasteiger charge is -2.33. The summed E-state index contributed by atoms with van der Waals surface area (Å²) in [6.07, 6.45) is 1.02. The number of hydrogen-bond donors (Lipinski definition) is 1. The Balaban J connectivity index is 4.36. The summed E-state index contributed by atoms with van der Waals surface area (Å²) in [7, 11) is -2.22. The van der Waals surface area contributed by atoms with E-state index in [-0.39, 0.29) is 11.8 Å². The fourth-order valence-electron chi connectivity index (χ4n) is 1.93. The third-order valence-electron chi connectivity index (χ3n) is 2.32. The van der Waals surface area contributed by atoms with Crippen molar-refractivity contribution in [3.8, 4) is 0 Å². The molecule has 0 saturated heterocycles. The maximum absolute atomic E-state index is 10.1. The molecule has 0 aromatic heterocycles. The maximum atomic E-state index is 10.1. The zero-order valence-corrected chi connectivity index (χ0v) is 12.0. The van der Waals surface area contributed by atoms with Crippen LogP contribution in [0.15, 0.2) is 12.2 Å². The van der Waals surface area contributed by atoms with Crippen molar-refractivity contribution >= 4 is 8.32 Å². The molecule has 0 bridgehead atoms. The molecule has 0 aromatic carbocycles. The van der Waals surface area contributed by atoms with Crippen LogP contribution in [-0.2, 0) is 4.74 Å². The molecule has 0 aromatic rings. The van der Waals surface area contributed by atoms with E-state index in [9.17, 15) is 4.80 Å². The highest BCUT2D eigenvalue weighted by Gasteiger charge is 2.34. The molecule has 0 aliphatic heterocycles. The number of hydrogen-bond acceptors (Lipinski definition) is 2. The molecular formula is C12H26O2Si. The first kappa shape index (κ1) is 14.9. The molecule has 15 heavy (non-hydrogen) atoms. The summed E-state index contributed by atoms with van der Waals surface area (Å²) in [4.78, 5) is 10.1. The van der Waals surface area contributed by atoms with Crippen LogP contribution in [0.2, 0.25) is 13.1 Å². The van der Waals surface area contributed by atoms with Gasteiger partial charge in [0.15, 0.2) is 0 Å². The van der Waals surface area contributed by atoms with E-state index in [1.807, 2.05) is 26.9 Å². The monoisotopic (exact) mass is 230 g/mol. The van der Waals surface area contributed by atoms with Crippen LogP contribution in [0.1, 0.15) is 34.1 Å². The van der Waals surface area contributed by atoms with E-state index >= 15 is 0 Å². The minimum Gasteiger partial charge on any atom is -0.430 e. The fraction of sp³-hybridized carbons (Fsp3) is 0.833. The van der Waals surface area contributed by atoms with Gasteiger partial charge in [-0.3, -0.25) is 0 Å². The first-order valence-electron chi connectivity index (χ1n) is 5.66. The Morgan fingerprint density at radius 2 is 1.80 bits per heavy atom. The van der Waals surface area contributed by atoms with Crippen LogP contribution in [0, 0.1) is 5.92 Å². The second kappa shape index (κ2) is 5.82. The summed E-state index contributed by atoms with van der Waals surface area (Å²) >= 11 is 0. The van der Waals surface area contributed by atoms with Crippen molar-refractivity contribution < 1.29 is 9.53 Å². The average Bonchev–Trinajstić information content (AvgIpc) is 1.95. The van der Waals surface area contributed by atoms with E-state index in [0.717, 1.165) is 12.0 Å². The normalized spacial score (nSPS) is 16.5. The third-order valence-corrected chi connectivity index (χ3v) is 4.51. The van der Waals surface area contributed by atoms with Crippen molar-refractivity contribution in [3.05, 3.63) is 12.2 Å². The minimum absolute atomic E-state index is 0.00634. The lowest BCUT2D eigenvalue weighted by Crippen LogP contribution is -2.48. The molecule has 0 rings (SSSR count). The van der Waals surface area contributed by atoms with E-state index in [1.165, 1.54) is 0 Å². The first-order valence-corrected chi connectivity index (χ1v) is 8.69. The molecular weight excluding hydrogens is 204 g/mol. The lowest BCUT2D eigenvalue weighted by atomic mass is 10.1. The van der Waals surface area contributed by atoms with E-state index in [2.05, 4.69) is 20.4 Å². The Kier molecular flexibility index (Phi) is 5.78. The second-order valence-electron chi connectivity index (χ2n) is 5.43. The Morgan fingerprint density at radius 3 is 2.07 bits per heavy atom. The molecule has 0 saturated carbocycles. The molecule has 0 amide bonds. The Morgan fingerprint density at radius 1 is 1.33 bits per heavy atom. The van der Waals surface area contributed by atoms with Crippen molar-refractivity contribution in [1.82, 2.24) is 0 Å². The zero-order valence-electron chi connectivity index (χ0n) is 11.0. The van der Waals surface area contributed by atoms with Gasteiger partial charge in [0.25, 0.3) is 0 Å². The standard InChI is InChI=1S/C12H26O2Si/c1-9(2)8-11(5)14-12(10(3)4)15(6,7)13/h10-13H,1,8H2,2-7H3. The summed E-state index contributed by atoms with van der Waals surface area (Å²) in [5.41, 5.74) is 1.13. The van der Waals surface area contributed by atoms with Gasteiger partial charge in [-0.05, 0) is 39.3 Å². The van der Waals surface area contributed by atoms with Crippen LogP contribution in [0.3, 0.4) is 0 Å². The molecule has 90 valence electrons. The van der Waals surface area contributed by atoms with E-state index in [4.69, 9.17) is 4.74 Å². The quantitative estimate of drug-likeness (QED) is 0.561. The van der Waals surface area contributed by atoms with Gasteiger partial charge in [0.2, 0.25) is 8.32 Å². The van der Waals surface area contributed by atoms with Crippen LogP contribution >= 0.6 is 0 Å². The summed E-state index contributed by atoms with van der Waals surface area (Å²) in [5.74, 6) is 0.365. The topological polar surface area (TPSA) is 29.5 Å². The fourth-order valence-corrected chi connectivity index (χ4v) is 4.13. The zero-order chi connectivity index (χ0) is 12.2. The summed E-state index contributed by atoms with van der Waals surface area (Å²) < 4.78 is 5.94. The smallest absolute Gasteiger partial charge is 0.211 e. The van der Waals surface area contributed by atoms with Crippen LogP contribution in [-0.4, -0.2) is 24.9 Å². The average molecular weight is 230 g/mol. The molecule has 2 unspecified atom stereocenters. The predicted octanol–water partition coefficient (Wildman–Crippen LogP) is 3.12. The number of ether oxygens (including phenoxy) is 1. The van der Waals surface area contributed by atoms with Gasteiger partial charge in [0.1, 0.15) is 0 Å². The van der Waals surface area contributed by atoms with Crippen LogP contribution < -0.4 is 0 Å². The number of rotatable bonds is 6. The van der Waals surface area contributed by atoms with Gasteiger partial charge in [-0.1, -0.05) is 19.4 Å². The van der Waals surface area contributed by atoms with E-state index in [1.54, 1.807) is 0 Å². The molecule has 0 aliphatic carbocycles. The van der Waals surface area contributed by atoms with Gasteiger partial charge < -0.3 is 9.53 Å². The van der Waals surface area contributed by atoms with Crippen molar-refractivity contribution in [1.29, 1.82) is 0 Å². The van der Waals surface area contributed by atoms with Crippen LogP contribution in [0.25, 0.3) is 0 Å². The van der Waals surface area contributed by atoms with E-state index < -0.39 is 8.32 Å². The van der Waals surface area contributed by atoms with Gasteiger partial charge in [0.05, 0.1) is 11.8 Å². The summed E-state index contributed by atoms with van der Waals surface area (Å²) in [6, 6.07) is 0. The SMILES string of the molecule is C=C(C)CC(C)OC(C(C)C)[Si](C)(C)O. The molecule has 1 N–H and O–H groups in total. The summed E-state index contributed by atoms with van der Waals surface area (Å²) in [5, 5.41) is 0. The van der Waals surface area contributed by atoms with Gasteiger partial charge in [0, 0.05) is 0 Å². The Labute approximate surface area is 95.5 Å².